The molecule has 1 saturated heterocycles. The summed E-state index contributed by atoms with van der Waals surface area (Å²) in [4.78, 5) is 11.5. The van der Waals surface area contributed by atoms with Crippen molar-refractivity contribution in [2.75, 3.05) is 7.05 Å². The molecular formula is C12H24N2O. The summed E-state index contributed by atoms with van der Waals surface area (Å²) in [5.41, 5.74) is 0.143. The molecule has 0 spiro atoms. The van der Waals surface area contributed by atoms with Crippen LogP contribution in [0.15, 0.2) is 0 Å². The highest BCUT2D eigenvalue weighted by Gasteiger charge is 2.44. The Morgan fingerprint density at radius 1 is 1.13 bits per heavy atom. The van der Waals surface area contributed by atoms with Gasteiger partial charge in [-0.3, -0.25) is 9.80 Å². The molecule has 15 heavy (non-hydrogen) atoms. The summed E-state index contributed by atoms with van der Waals surface area (Å²) in [6.45, 7) is 10.5. The van der Waals surface area contributed by atoms with E-state index in [0.29, 0.717) is 0 Å². The van der Waals surface area contributed by atoms with E-state index in [1.165, 1.54) is 6.42 Å². The average Bonchev–Trinajstić information content (AvgIpc) is 1.99. The van der Waals surface area contributed by atoms with Crippen molar-refractivity contribution < 1.29 is 4.79 Å². The van der Waals surface area contributed by atoms with Crippen molar-refractivity contribution in [3.63, 3.8) is 0 Å². The molecule has 0 aromatic heterocycles. The van der Waals surface area contributed by atoms with Crippen LogP contribution < -0.4 is 0 Å². The zero-order valence-corrected chi connectivity index (χ0v) is 10.9. The van der Waals surface area contributed by atoms with E-state index in [1.807, 2.05) is 7.05 Å². The fourth-order valence-corrected chi connectivity index (χ4v) is 2.94. The standard InChI is InChI=1S/C12H24N2O/c1-10(15)13(6)14-11(2,3)8-7-9-12(14,4)5/h7-9H2,1-6H3. The molecule has 1 heterocycles. The summed E-state index contributed by atoms with van der Waals surface area (Å²) in [5.74, 6) is 0.109. The lowest BCUT2D eigenvalue weighted by molar-refractivity contribution is -0.186. The van der Waals surface area contributed by atoms with Crippen LogP contribution in [0.2, 0.25) is 0 Å². The van der Waals surface area contributed by atoms with Crippen LogP contribution in [0, 0.1) is 0 Å². The van der Waals surface area contributed by atoms with E-state index in [-0.39, 0.29) is 17.0 Å². The largest absolute Gasteiger partial charge is 0.278 e. The molecule has 1 aliphatic rings. The van der Waals surface area contributed by atoms with Crippen molar-refractivity contribution >= 4 is 5.91 Å². The molecule has 0 saturated carbocycles. The topological polar surface area (TPSA) is 23.6 Å². The van der Waals surface area contributed by atoms with E-state index in [4.69, 9.17) is 0 Å². The molecule has 88 valence electrons. The molecule has 0 aromatic rings. The van der Waals surface area contributed by atoms with Gasteiger partial charge in [-0.05, 0) is 47.0 Å². The van der Waals surface area contributed by atoms with Crippen LogP contribution in [0.25, 0.3) is 0 Å². The third-order valence-corrected chi connectivity index (χ3v) is 3.48. The van der Waals surface area contributed by atoms with Gasteiger partial charge in [-0.15, -0.1) is 0 Å². The lowest BCUT2D eigenvalue weighted by atomic mass is 9.81. The molecule has 0 aliphatic carbocycles. The van der Waals surface area contributed by atoms with Gasteiger partial charge in [0, 0.05) is 25.0 Å². The molecule has 0 bridgehead atoms. The van der Waals surface area contributed by atoms with Gasteiger partial charge in [0.2, 0.25) is 5.91 Å². The zero-order chi connectivity index (χ0) is 11.9. The molecular weight excluding hydrogens is 188 g/mol. The SMILES string of the molecule is CC(=O)N(C)N1C(C)(C)CCCC1(C)C. The number of carbonyl (C=O) groups is 1. The quantitative estimate of drug-likeness (QED) is 0.666. The average molecular weight is 212 g/mol. The Labute approximate surface area is 93.4 Å². The molecule has 0 radical (unpaired) electrons. The van der Waals surface area contributed by atoms with Crippen LogP contribution in [-0.4, -0.2) is 34.1 Å². The monoisotopic (exact) mass is 212 g/mol. The molecule has 0 atom stereocenters. The van der Waals surface area contributed by atoms with Crippen LogP contribution in [0.4, 0.5) is 0 Å². The summed E-state index contributed by atoms with van der Waals surface area (Å²) in [6, 6.07) is 0. The maximum Gasteiger partial charge on any atom is 0.233 e. The van der Waals surface area contributed by atoms with Crippen molar-refractivity contribution in [1.29, 1.82) is 0 Å². The van der Waals surface area contributed by atoms with Crippen molar-refractivity contribution in [3.8, 4) is 0 Å². The molecule has 1 fully saturated rings. The molecule has 0 unspecified atom stereocenters. The van der Waals surface area contributed by atoms with E-state index in [0.717, 1.165) is 12.8 Å². The summed E-state index contributed by atoms with van der Waals surface area (Å²) in [5, 5.41) is 4.02. The van der Waals surface area contributed by atoms with Gasteiger partial charge < -0.3 is 0 Å². The maximum atomic E-state index is 11.5. The minimum atomic E-state index is 0.0716. The van der Waals surface area contributed by atoms with Gasteiger partial charge in [-0.25, -0.2) is 5.01 Å². The van der Waals surface area contributed by atoms with Crippen molar-refractivity contribution in [2.24, 2.45) is 0 Å². The van der Waals surface area contributed by atoms with E-state index in [2.05, 4.69) is 32.7 Å². The lowest BCUT2D eigenvalue weighted by Gasteiger charge is -2.55. The second kappa shape index (κ2) is 3.78. The summed E-state index contributed by atoms with van der Waals surface area (Å²) in [7, 11) is 1.87. The third kappa shape index (κ3) is 2.33. The Morgan fingerprint density at radius 3 is 1.87 bits per heavy atom. The maximum absolute atomic E-state index is 11.5. The minimum absolute atomic E-state index is 0.0716. The van der Waals surface area contributed by atoms with Gasteiger partial charge in [-0.2, -0.15) is 0 Å². The van der Waals surface area contributed by atoms with Crippen LogP contribution in [-0.2, 0) is 4.79 Å². The normalized spacial score (nSPS) is 24.9. The predicted molar refractivity (Wildman–Crippen MR) is 62.3 cm³/mol. The van der Waals surface area contributed by atoms with Crippen LogP contribution in [0.5, 0.6) is 0 Å². The lowest BCUT2D eigenvalue weighted by Crippen LogP contribution is -2.65. The van der Waals surface area contributed by atoms with E-state index < -0.39 is 0 Å². The van der Waals surface area contributed by atoms with E-state index in [9.17, 15) is 4.79 Å². The molecule has 1 aliphatic heterocycles. The fourth-order valence-electron chi connectivity index (χ4n) is 2.94. The smallest absolute Gasteiger partial charge is 0.233 e. The van der Waals surface area contributed by atoms with Gasteiger partial charge in [-0.1, -0.05) is 0 Å². The number of amides is 1. The molecule has 3 heteroatoms. The number of hydrazine groups is 1. The molecule has 0 N–H and O–H groups in total. The number of rotatable bonds is 1. The first-order valence-corrected chi connectivity index (χ1v) is 5.73. The van der Waals surface area contributed by atoms with E-state index in [1.54, 1.807) is 11.9 Å². The molecule has 0 aromatic carbocycles. The number of nitrogens with zero attached hydrogens (tertiary/aromatic N) is 2. The van der Waals surface area contributed by atoms with Gasteiger partial charge in [0.1, 0.15) is 0 Å². The molecule has 3 nitrogen and oxygen atoms in total. The van der Waals surface area contributed by atoms with Gasteiger partial charge in [0.25, 0.3) is 0 Å². The number of piperidine rings is 1. The third-order valence-electron chi connectivity index (χ3n) is 3.48. The Bertz CT molecular complexity index is 242. The van der Waals surface area contributed by atoms with Gasteiger partial charge >= 0.3 is 0 Å². The Balaban J connectivity index is 3.01. The first-order chi connectivity index (χ1) is 6.68. The highest BCUT2D eigenvalue weighted by Crippen LogP contribution is 2.38. The highest BCUT2D eigenvalue weighted by atomic mass is 16.2. The molecule has 1 rings (SSSR count). The second-order valence-corrected chi connectivity index (χ2v) is 5.83. The van der Waals surface area contributed by atoms with Crippen molar-refractivity contribution in [2.45, 2.75) is 65.0 Å². The minimum Gasteiger partial charge on any atom is -0.278 e. The zero-order valence-electron chi connectivity index (χ0n) is 10.9. The van der Waals surface area contributed by atoms with E-state index >= 15 is 0 Å². The van der Waals surface area contributed by atoms with Gasteiger partial charge in [0.15, 0.2) is 0 Å². The second-order valence-electron chi connectivity index (χ2n) is 5.83. The van der Waals surface area contributed by atoms with Crippen LogP contribution >= 0.6 is 0 Å². The first-order valence-electron chi connectivity index (χ1n) is 5.73. The van der Waals surface area contributed by atoms with Gasteiger partial charge in [0.05, 0.1) is 0 Å². The predicted octanol–water partition coefficient (Wildman–Crippen LogP) is 2.42. The Kier molecular flexibility index (Phi) is 3.15. The fraction of sp³-hybridized carbons (Fsp3) is 0.917. The van der Waals surface area contributed by atoms with Crippen LogP contribution in [0.3, 0.4) is 0 Å². The van der Waals surface area contributed by atoms with Crippen molar-refractivity contribution in [3.05, 3.63) is 0 Å². The summed E-state index contributed by atoms with van der Waals surface area (Å²) in [6.07, 6.45) is 3.53. The first kappa shape index (κ1) is 12.5. The van der Waals surface area contributed by atoms with Crippen LogP contribution in [0.1, 0.15) is 53.9 Å². The number of hydrogen-bond acceptors (Lipinski definition) is 2. The Hall–Kier alpha value is -0.570. The van der Waals surface area contributed by atoms with Crippen molar-refractivity contribution in [1.82, 2.24) is 10.0 Å². The summed E-state index contributed by atoms with van der Waals surface area (Å²) >= 11 is 0. The number of hydrogen-bond donors (Lipinski definition) is 0. The Morgan fingerprint density at radius 2 is 1.53 bits per heavy atom. The highest BCUT2D eigenvalue weighted by molar-refractivity contribution is 5.72. The summed E-state index contributed by atoms with van der Waals surface area (Å²) < 4.78 is 0. The molecule has 1 amide bonds. The number of carbonyl (C=O) groups excluding carboxylic acids is 1.